The fourth-order valence-corrected chi connectivity index (χ4v) is 2.26. The van der Waals surface area contributed by atoms with Crippen LogP contribution in [0.15, 0.2) is 30.5 Å². The summed E-state index contributed by atoms with van der Waals surface area (Å²) in [5.41, 5.74) is 1.38. The summed E-state index contributed by atoms with van der Waals surface area (Å²) in [5, 5.41) is 14.9. The van der Waals surface area contributed by atoms with Crippen molar-refractivity contribution in [1.29, 1.82) is 0 Å². The molecular weight excluding hydrogens is 298 g/mol. The van der Waals surface area contributed by atoms with Gasteiger partial charge >= 0.3 is 5.97 Å². The first-order chi connectivity index (χ1) is 11.0. The zero-order valence-corrected chi connectivity index (χ0v) is 12.8. The van der Waals surface area contributed by atoms with Crippen LogP contribution in [-0.4, -0.2) is 34.0 Å². The maximum atomic E-state index is 11.8. The summed E-state index contributed by atoms with van der Waals surface area (Å²) in [6.45, 7) is 1.71. The van der Waals surface area contributed by atoms with Crippen LogP contribution in [0.1, 0.15) is 19.8 Å². The van der Waals surface area contributed by atoms with Crippen molar-refractivity contribution in [3.63, 3.8) is 0 Å². The van der Waals surface area contributed by atoms with Crippen molar-refractivity contribution < 1.29 is 19.5 Å². The van der Waals surface area contributed by atoms with Crippen LogP contribution >= 0.6 is 0 Å². The third kappa shape index (κ3) is 4.57. The van der Waals surface area contributed by atoms with Crippen LogP contribution in [0, 0.1) is 0 Å². The highest BCUT2D eigenvalue weighted by Crippen LogP contribution is 2.20. The van der Waals surface area contributed by atoms with Gasteiger partial charge in [0.1, 0.15) is 6.54 Å². The van der Waals surface area contributed by atoms with Crippen molar-refractivity contribution in [3.8, 4) is 0 Å². The summed E-state index contributed by atoms with van der Waals surface area (Å²) in [4.78, 5) is 33.9. The molecule has 0 bridgehead atoms. The molecule has 0 aliphatic carbocycles. The van der Waals surface area contributed by atoms with E-state index in [4.69, 9.17) is 5.11 Å². The maximum absolute atomic E-state index is 11.8. The fourth-order valence-electron chi connectivity index (χ4n) is 2.26. The van der Waals surface area contributed by atoms with E-state index in [9.17, 15) is 14.4 Å². The number of hydrogen-bond acceptors (Lipinski definition) is 3. The number of fused-ring (bicyclic) bond motifs is 1. The lowest BCUT2D eigenvalue weighted by atomic mass is 10.2. The SMILES string of the molecule is CCCC(=O)NCC(=O)Nc1ccc2c(ccn2CC(=O)O)c1. The molecular formula is C16H19N3O4. The summed E-state index contributed by atoms with van der Waals surface area (Å²) in [6, 6.07) is 7.01. The van der Waals surface area contributed by atoms with Crippen molar-refractivity contribution in [1.82, 2.24) is 9.88 Å². The third-order valence-electron chi connectivity index (χ3n) is 3.28. The van der Waals surface area contributed by atoms with Gasteiger partial charge in [-0.05, 0) is 30.7 Å². The Bertz CT molecular complexity index is 736. The monoisotopic (exact) mass is 317 g/mol. The zero-order chi connectivity index (χ0) is 16.8. The van der Waals surface area contributed by atoms with Crippen molar-refractivity contribution in [2.75, 3.05) is 11.9 Å². The number of benzene rings is 1. The average molecular weight is 317 g/mol. The first-order valence-corrected chi connectivity index (χ1v) is 7.37. The molecule has 2 amide bonds. The Morgan fingerprint density at radius 2 is 1.96 bits per heavy atom. The van der Waals surface area contributed by atoms with Crippen LogP contribution in [0.4, 0.5) is 5.69 Å². The second kappa shape index (κ2) is 7.44. The average Bonchev–Trinajstić information content (AvgIpc) is 2.87. The van der Waals surface area contributed by atoms with Crippen LogP contribution < -0.4 is 10.6 Å². The Labute approximate surface area is 133 Å². The number of carboxylic acid groups (broad SMARTS) is 1. The van der Waals surface area contributed by atoms with Gasteiger partial charge in [0.05, 0.1) is 6.54 Å². The van der Waals surface area contributed by atoms with E-state index in [1.165, 1.54) is 0 Å². The predicted molar refractivity (Wildman–Crippen MR) is 86.1 cm³/mol. The number of nitrogens with zero attached hydrogens (tertiary/aromatic N) is 1. The molecule has 3 N–H and O–H groups in total. The Balaban J connectivity index is 1.99. The number of carboxylic acids is 1. The van der Waals surface area contributed by atoms with Gasteiger partial charge in [-0.2, -0.15) is 0 Å². The second-order valence-corrected chi connectivity index (χ2v) is 5.19. The highest BCUT2D eigenvalue weighted by molar-refractivity contribution is 5.96. The molecule has 23 heavy (non-hydrogen) atoms. The number of aliphatic carboxylic acids is 1. The number of anilines is 1. The lowest BCUT2D eigenvalue weighted by molar-refractivity contribution is -0.137. The highest BCUT2D eigenvalue weighted by atomic mass is 16.4. The summed E-state index contributed by atoms with van der Waals surface area (Å²) >= 11 is 0. The quantitative estimate of drug-likeness (QED) is 0.721. The summed E-state index contributed by atoms with van der Waals surface area (Å²) in [5.74, 6) is -1.37. The van der Waals surface area contributed by atoms with Gasteiger partial charge in [0.15, 0.2) is 0 Å². The van der Waals surface area contributed by atoms with Crippen LogP contribution in [-0.2, 0) is 20.9 Å². The number of amides is 2. The Hall–Kier alpha value is -2.83. The molecule has 0 saturated carbocycles. The van der Waals surface area contributed by atoms with Crippen molar-refractivity contribution >= 4 is 34.4 Å². The molecule has 0 spiro atoms. The van der Waals surface area contributed by atoms with E-state index in [0.29, 0.717) is 12.1 Å². The molecule has 0 aliphatic heterocycles. The normalized spacial score (nSPS) is 10.5. The van der Waals surface area contributed by atoms with Crippen LogP contribution in [0.25, 0.3) is 10.9 Å². The molecule has 1 aromatic carbocycles. The molecule has 0 saturated heterocycles. The summed E-state index contributed by atoms with van der Waals surface area (Å²) < 4.78 is 1.62. The number of carbonyl (C=O) groups excluding carboxylic acids is 2. The molecule has 1 aromatic heterocycles. The highest BCUT2D eigenvalue weighted by Gasteiger charge is 2.08. The minimum atomic E-state index is -0.914. The predicted octanol–water partition coefficient (Wildman–Crippen LogP) is 1.58. The van der Waals surface area contributed by atoms with Gasteiger partial charge in [0.25, 0.3) is 0 Å². The largest absolute Gasteiger partial charge is 0.480 e. The summed E-state index contributed by atoms with van der Waals surface area (Å²) in [6.07, 6.45) is 2.82. The molecule has 0 radical (unpaired) electrons. The first kappa shape index (κ1) is 16.5. The topological polar surface area (TPSA) is 100 Å². The van der Waals surface area contributed by atoms with Gasteiger partial charge < -0.3 is 20.3 Å². The molecule has 2 aromatic rings. The van der Waals surface area contributed by atoms with Gasteiger partial charge in [0, 0.05) is 29.2 Å². The number of nitrogens with one attached hydrogen (secondary N) is 2. The van der Waals surface area contributed by atoms with E-state index in [1.807, 2.05) is 6.92 Å². The molecule has 0 fully saturated rings. The van der Waals surface area contributed by atoms with Crippen molar-refractivity contribution in [2.24, 2.45) is 0 Å². The Kier molecular flexibility index (Phi) is 5.35. The lowest BCUT2D eigenvalue weighted by Crippen LogP contribution is -2.32. The van der Waals surface area contributed by atoms with E-state index in [0.717, 1.165) is 17.3 Å². The second-order valence-electron chi connectivity index (χ2n) is 5.19. The molecule has 7 nitrogen and oxygen atoms in total. The van der Waals surface area contributed by atoms with Gasteiger partial charge in [-0.1, -0.05) is 6.92 Å². The molecule has 122 valence electrons. The minimum absolute atomic E-state index is 0.0725. The number of hydrogen-bond donors (Lipinski definition) is 3. The van der Waals surface area contributed by atoms with E-state index < -0.39 is 5.97 Å². The van der Waals surface area contributed by atoms with Gasteiger partial charge in [-0.3, -0.25) is 14.4 Å². The number of rotatable bonds is 7. The number of carbonyl (C=O) groups is 3. The molecule has 0 aliphatic rings. The Morgan fingerprint density at radius 1 is 1.17 bits per heavy atom. The van der Waals surface area contributed by atoms with Crippen molar-refractivity contribution in [2.45, 2.75) is 26.3 Å². The molecule has 0 atom stereocenters. The van der Waals surface area contributed by atoms with Crippen LogP contribution in [0.3, 0.4) is 0 Å². The van der Waals surface area contributed by atoms with E-state index >= 15 is 0 Å². The standard InChI is InChI=1S/C16H19N3O4/c1-2-3-14(20)17-9-15(21)18-12-4-5-13-11(8-12)6-7-19(13)10-16(22)23/h4-8H,2-3,9-10H2,1H3,(H,17,20)(H,18,21)(H,22,23). The molecule has 7 heteroatoms. The van der Waals surface area contributed by atoms with E-state index in [-0.39, 0.29) is 24.9 Å². The van der Waals surface area contributed by atoms with Crippen molar-refractivity contribution in [3.05, 3.63) is 30.5 Å². The fraction of sp³-hybridized carbons (Fsp3) is 0.312. The van der Waals surface area contributed by atoms with E-state index in [2.05, 4.69) is 10.6 Å². The summed E-state index contributed by atoms with van der Waals surface area (Å²) in [7, 11) is 0. The van der Waals surface area contributed by atoms with E-state index in [1.54, 1.807) is 35.0 Å². The van der Waals surface area contributed by atoms with Gasteiger partial charge in [0.2, 0.25) is 11.8 Å². The molecule has 0 unspecified atom stereocenters. The van der Waals surface area contributed by atoms with Crippen LogP contribution in [0.5, 0.6) is 0 Å². The zero-order valence-electron chi connectivity index (χ0n) is 12.8. The molecule has 2 rings (SSSR count). The Morgan fingerprint density at radius 3 is 2.65 bits per heavy atom. The minimum Gasteiger partial charge on any atom is -0.480 e. The smallest absolute Gasteiger partial charge is 0.323 e. The third-order valence-corrected chi connectivity index (χ3v) is 3.28. The molecule has 1 heterocycles. The first-order valence-electron chi connectivity index (χ1n) is 7.37. The number of aromatic nitrogens is 1. The lowest BCUT2D eigenvalue weighted by Gasteiger charge is -2.07. The maximum Gasteiger partial charge on any atom is 0.323 e. The van der Waals surface area contributed by atoms with Gasteiger partial charge in [-0.15, -0.1) is 0 Å². The van der Waals surface area contributed by atoms with Crippen LogP contribution in [0.2, 0.25) is 0 Å². The van der Waals surface area contributed by atoms with Gasteiger partial charge in [-0.25, -0.2) is 0 Å².